The van der Waals surface area contributed by atoms with Crippen molar-refractivity contribution in [3.8, 4) is 12.1 Å². The molecule has 0 atom stereocenters. The number of hydrogen-bond acceptors (Lipinski definition) is 4. The molecular weight excluding hydrogens is 182 g/mol. The van der Waals surface area contributed by atoms with E-state index in [0.717, 1.165) is 0 Å². The highest BCUT2D eigenvalue weighted by atomic mass is 16.6. The second-order valence-corrected chi connectivity index (χ2v) is 2.56. The standard InChI is InChI=1S/C9H5N3O2/c10-4-3-7-1-2-8(6-11)9(5-7)12(13)14/h1-2,5H,3H2. The second-order valence-electron chi connectivity index (χ2n) is 2.56. The molecule has 0 radical (unpaired) electrons. The monoisotopic (exact) mass is 187 g/mol. The van der Waals surface area contributed by atoms with E-state index in [1.54, 1.807) is 6.07 Å². The van der Waals surface area contributed by atoms with Gasteiger partial charge in [-0.05, 0) is 11.6 Å². The Morgan fingerprint density at radius 1 is 1.43 bits per heavy atom. The fourth-order valence-corrected chi connectivity index (χ4v) is 1.02. The maximum atomic E-state index is 10.5. The molecule has 0 aliphatic heterocycles. The molecule has 68 valence electrons. The highest BCUT2D eigenvalue weighted by molar-refractivity contribution is 5.50. The largest absolute Gasteiger partial charge is 0.287 e. The third kappa shape index (κ3) is 1.85. The van der Waals surface area contributed by atoms with Gasteiger partial charge in [-0.15, -0.1) is 0 Å². The maximum Gasteiger partial charge on any atom is 0.287 e. The molecule has 0 saturated heterocycles. The first kappa shape index (κ1) is 9.69. The summed E-state index contributed by atoms with van der Waals surface area (Å²) in [6.07, 6.45) is 0.104. The van der Waals surface area contributed by atoms with Gasteiger partial charge >= 0.3 is 0 Å². The summed E-state index contributed by atoms with van der Waals surface area (Å²) >= 11 is 0. The van der Waals surface area contributed by atoms with E-state index in [1.165, 1.54) is 18.2 Å². The summed E-state index contributed by atoms with van der Waals surface area (Å²) in [5.41, 5.74) is 0.301. The summed E-state index contributed by atoms with van der Waals surface area (Å²) in [6.45, 7) is 0. The van der Waals surface area contributed by atoms with Gasteiger partial charge in [-0.25, -0.2) is 0 Å². The van der Waals surface area contributed by atoms with E-state index >= 15 is 0 Å². The summed E-state index contributed by atoms with van der Waals surface area (Å²) in [4.78, 5) is 9.88. The third-order valence-corrected chi connectivity index (χ3v) is 1.66. The molecule has 0 bridgehead atoms. The van der Waals surface area contributed by atoms with E-state index in [9.17, 15) is 10.1 Å². The zero-order valence-corrected chi connectivity index (χ0v) is 7.10. The number of nitro benzene ring substituents is 1. The Morgan fingerprint density at radius 3 is 2.64 bits per heavy atom. The van der Waals surface area contributed by atoms with Crippen LogP contribution < -0.4 is 0 Å². The zero-order valence-electron chi connectivity index (χ0n) is 7.10. The van der Waals surface area contributed by atoms with Crippen molar-refractivity contribution in [1.82, 2.24) is 0 Å². The summed E-state index contributed by atoms with van der Waals surface area (Å²) in [6, 6.07) is 7.74. The van der Waals surface area contributed by atoms with Crippen molar-refractivity contribution in [2.75, 3.05) is 0 Å². The topological polar surface area (TPSA) is 90.7 Å². The van der Waals surface area contributed by atoms with Gasteiger partial charge in [-0.3, -0.25) is 10.1 Å². The number of nitriles is 2. The van der Waals surface area contributed by atoms with E-state index in [1.807, 2.05) is 6.07 Å². The van der Waals surface area contributed by atoms with Crippen molar-refractivity contribution in [3.63, 3.8) is 0 Å². The SMILES string of the molecule is N#CCc1ccc(C#N)c([N+](=O)[O-])c1. The van der Waals surface area contributed by atoms with Crippen LogP contribution in [0.1, 0.15) is 11.1 Å². The normalized spacial score (nSPS) is 8.71. The molecule has 1 rings (SSSR count). The van der Waals surface area contributed by atoms with Crippen LogP contribution in [-0.2, 0) is 6.42 Å². The minimum Gasteiger partial charge on any atom is -0.258 e. The van der Waals surface area contributed by atoms with Gasteiger partial charge in [-0.1, -0.05) is 6.07 Å². The third-order valence-electron chi connectivity index (χ3n) is 1.66. The number of nitrogens with zero attached hydrogens (tertiary/aromatic N) is 3. The van der Waals surface area contributed by atoms with Crippen LogP contribution in [0.4, 0.5) is 5.69 Å². The lowest BCUT2D eigenvalue weighted by Crippen LogP contribution is -1.94. The molecule has 0 N–H and O–H groups in total. The van der Waals surface area contributed by atoms with E-state index < -0.39 is 4.92 Å². The highest BCUT2D eigenvalue weighted by Gasteiger charge is 2.13. The van der Waals surface area contributed by atoms with Crippen LogP contribution >= 0.6 is 0 Å². The van der Waals surface area contributed by atoms with Crippen molar-refractivity contribution >= 4 is 5.69 Å². The van der Waals surface area contributed by atoms with Crippen LogP contribution in [0.15, 0.2) is 18.2 Å². The molecule has 1 aromatic carbocycles. The zero-order chi connectivity index (χ0) is 10.6. The number of nitro groups is 1. The molecular formula is C9H5N3O2. The Hall–Kier alpha value is -2.40. The molecule has 5 heteroatoms. The lowest BCUT2D eigenvalue weighted by Gasteiger charge is -1.96. The van der Waals surface area contributed by atoms with Crippen molar-refractivity contribution in [1.29, 1.82) is 10.5 Å². The Balaban J connectivity index is 3.24. The van der Waals surface area contributed by atoms with Gasteiger partial charge in [0.15, 0.2) is 0 Å². The van der Waals surface area contributed by atoms with E-state index in [4.69, 9.17) is 10.5 Å². The summed E-state index contributed by atoms with van der Waals surface area (Å²) in [7, 11) is 0. The average molecular weight is 187 g/mol. The Labute approximate surface area is 80.0 Å². The van der Waals surface area contributed by atoms with Gasteiger partial charge in [-0.2, -0.15) is 10.5 Å². The van der Waals surface area contributed by atoms with Crippen LogP contribution in [0, 0.1) is 32.8 Å². The summed E-state index contributed by atoms with van der Waals surface area (Å²) in [5.74, 6) is 0. The molecule has 0 heterocycles. The lowest BCUT2D eigenvalue weighted by atomic mass is 10.1. The Kier molecular flexibility index (Phi) is 2.78. The van der Waals surface area contributed by atoms with Crippen LogP contribution in [0.2, 0.25) is 0 Å². The van der Waals surface area contributed by atoms with E-state index in [-0.39, 0.29) is 17.7 Å². The van der Waals surface area contributed by atoms with E-state index in [0.29, 0.717) is 5.56 Å². The molecule has 0 amide bonds. The Bertz CT molecular complexity index is 454. The molecule has 0 aromatic heterocycles. The van der Waals surface area contributed by atoms with Gasteiger partial charge in [0.2, 0.25) is 0 Å². The summed E-state index contributed by atoms with van der Waals surface area (Å²) < 4.78 is 0. The minimum atomic E-state index is -0.626. The van der Waals surface area contributed by atoms with Crippen molar-refractivity contribution < 1.29 is 4.92 Å². The molecule has 0 aliphatic rings. The smallest absolute Gasteiger partial charge is 0.258 e. The average Bonchev–Trinajstić information content (AvgIpc) is 2.18. The van der Waals surface area contributed by atoms with Gasteiger partial charge < -0.3 is 0 Å². The van der Waals surface area contributed by atoms with Gasteiger partial charge in [0.1, 0.15) is 11.6 Å². The predicted molar refractivity (Wildman–Crippen MR) is 47.1 cm³/mol. The first-order valence-electron chi connectivity index (χ1n) is 3.73. The predicted octanol–water partition coefficient (Wildman–Crippen LogP) is 1.53. The minimum absolute atomic E-state index is 0.0108. The Morgan fingerprint density at radius 2 is 2.14 bits per heavy atom. The van der Waals surface area contributed by atoms with Gasteiger partial charge in [0.25, 0.3) is 5.69 Å². The number of benzene rings is 1. The first-order valence-corrected chi connectivity index (χ1v) is 3.73. The fraction of sp³-hybridized carbons (Fsp3) is 0.111. The fourth-order valence-electron chi connectivity index (χ4n) is 1.02. The van der Waals surface area contributed by atoms with Crippen molar-refractivity contribution in [3.05, 3.63) is 39.4 Å². The molecule has 14 heavy (non-hydrogen) atoms. The lowest BCUT2D eigenvalue weighted by molar-refractivity contribution is -0.385. The molecule has 5 nitrogen and oxygen atoms in total. The van der Waals surface area contributed by atoms with Crippen LogP contribution in [0.25, 0.3) is 0 Å². The van der Waals surface area contributed by atoms with Crippen molar-refractivity contribution in [2.24, 2.45) is 0 Å². The highest BCUT2D eigenvalue weighted by Crippen LogP contribution is 2.19. The first-order chi connectivity index (χ1) is 6.69. The second kappa shape index (κ2) is 4.01. The molecule has 0 fully saturated rings. The van der Waals surface area contributed by atoms with Crippen LogP contribution in [-0.4, -0.2) is 4.92 Å². The number of rotatable bonds is 2. The number of hydrogen-bond donors (Lipinski definition) is 0. The van der Waals surface area contributed by atoms with Crippen LogP contribution in [0.3, 0.4) is 0 Å². The van der Waals surface area contributed by atoms with Gasteiger partial charge in [0.05, 0.1) is 17.4 Å². The molecule has 0 spiro atoms. The quantitative estimate of drug-likeness (QED) is 0.518. The molecule has 0 saturated carbocycles. The summed E-state index contributed by atoms with van der Waals surface area (Å²) in [5, 5.41) is 27.5. The molecule has 1 aromatic rings. The maximum absolute atomic E-state index is 10.5. The van der Waals surface area contributed by atoms with E-state index in [2.05, 4.69) is 0 Å². The molecule has 0 aliphatic carbocycles. The van der Waals surface area contributed by atoms with Gasteiger partial charge in [0, 0.05) is 6.07 Å². The van der Waals surface area contributed by atoms with Crippen molar-refractivity contribution in [2.45, 2.75) is 6.42 Å². The van der Waals surface area contributed by atoms with Crippen LogP contribution in [0.5, 0.6) is 0 Å². The molecule has 0 unspecified atom stereocenters.